The number of rotatable bonds is 7. The van der Waals surface area contributed by atoms with Gasteiger partial charge >= 0.3 is 0 Å². The van der Waals surface area contributed by atoms with E-state index in [1.165, 1.54) is 0 Å². The van der Waals surface area contributed by atoms with Crippen molar-refractivity contribution >= 4 is 28.9 Å². The third-order valence-corrected chi connectivity index (χ3v) is 6.36. The summed E-state index contributed by atoms with van der Waals surface area (Å²) in [6, 6.07) is 7.30. The Hall–Kier alpha value is -3.23. The van der Waals surface area contributed by atoms with Gasteiger partial charge in [-0.15, -0.1) is 0 Å². The molecule has 172 valence electrons. The summed E-state index contributed by atoms with van der Waals surface area (Å²) in [5.74, 6) is 0.959. The number of para-hydroxylation sites is 1. The normalized spacial score (nSPS) is 19.3. The van der Waals surface area contributed by atoms with Gasteiger partial charge in [-0.05, 0) is 25.1 Å². The minimum Gasteiger partial charge on any atom is -0.493 e. The van der Waals surface area contributed by atoms with E-state index < -0.39 is 0 Å². The summed E-state index contributed by atoms with van der Waals surface area (Å²) in [6.45, 7) is 3.76. The molecule has 4 heterocycles. The molecule has 3 aromatic rings. The quantitative estimate of drug-likeness (QED) is 0.477. The van der Waals surface area contributed by atoms with E-state index in [0.717, 1.165) is 30.0 Å². The molecule has 0 bridgehead atoms. The fourth-order valence-electron chi connectivity index (χ4n) is 4.15. The van der Waals surface area contributed by atoms with Crippen LogP contribution in [-0.4, -0.2) is 48.3 Å². The summed E-state index contributed by atoms with van der Waals surface area (Å²) in [4.78, 5) is 20.6. The molecule has 8 nitrogen and oxygen atoms in total. The number of carbonyl (C=O) groups is 1. The second-order valence-electron chi connectivity index (χ2n) is 8.39. The lowest BCUT2D eigenvalue weighted by Gasteiger charge is -2.38. The molecule has 1 atom stereocenters. The van der Waals surface area contributed by atoms with Crippen molar-refractivity contribution in [1.29, 1.82) is 0 Å². The van der Waals surface area contributed by atoms with Crippen LogP contribution in [0.4, 0.5) is 11.4 Å². The molecular formula is C24H25ClN4O4. The number of hydrogen-bond acceptors (Lipinski definition) is 6. The van der Waals surface area contributed by atoms with Gasteiger partial charge in [0.2, 0.25) is 0 Å². The van der Waals surface area contributed by atoms with Gasteiger partial charge in [0, 0.05) is 36.8 Å². The first kappa shape index (κ1) is 21.6. The van der Waals surface area contributed by atoms with Gasteiger partial charge in [-0.3, -0.25) is 9.78 Å². The summed E-state index contributed by atoms with van der Waals surface area (Å²) in [7, 11) is 1.56. The Labute approximate surface area is 196 Å². The number of benzene rings is 1. The first-order valence-corrected chi connectivity index (χ1v) is 11.2. The third kappa shape index (κ3) is 4.00. The predicted molar refractivity (Wildman–Crippen MR) is 126 cm³/mol. The maximum atomic E-state index is 12.9. The molecule has 0 saturated carbocycles. The van der Waals surface area contributed by atoms with Gasteiger partial charge in [-0.2, -0.15) is 0 Å². The van der Waals surface area contributed by atoms with Gasteiger partial charge in [0.15, 0.2) is 5.75 Å². The van der Waals surface area contributed by atoms with Crippen LogP contribution in [0.5, 0.6) is 11.5 Å². The maximum Gasteiger partial charge on any atom is 0.255 e. The van der Waals surface area contributed by atoms with E-state index in [2.05, 4.69) is 20.6 Å². The zero-order chi connectivity index (χ0) is 23.0. The van der Waals surface area contributed by atoms with Crippen molar-refractivity contribution in [3.63, 3.8) is 0 Å². The lowest BCUT2D eigenvalue weighted by atomic mass is 9.99. The van der Waals surface area contributed by atoms with Crippen molar-refractivity contribution in [2.75, 3.05) is 32.2 Å². The number of anilines is 2. The average molecular weight is 469 g/mol. The van der Waals surface area contributed by atoms with Crippen LogP contribution >= 0.6 is 11.6 Å². The van der Waals surface area contributed by atoms with Crippen LogP contribution in [0, 0.1) is 0 Å². The summed E-state index contributed by atoms with van der Waals surface area (Å²) < 4.78 is 17.3. The molecule has 1 fully saturated rings. The number of fused-ring (bicyclic) bond motifs is 1. The van der Waals surface area contributed by atoms with E-state index in [4.69, 9.17) is 25.8 Å². The molecule has 2 aliphatic heterocycles. The van der Waals surface area contributed by atoms with E-state index in [-0.39, 0.29) is 11.5 Å². The number of amides is 1. The average Bonchev–Trinajstić information content (AvgIpc) is 3.16. The third-order valence-electron chi connectivity index (χ3n) is 6.06. The van der Waals surface area contributed by atoms with Gasteiger partial charge < -0.3 is 29.8 Å². The fourth-order valence-corrected chi connectivity index (χ4v) is 4.40. The number of H-pyrrole nitrogens is 1. The van der Waals surface area contributed by atoms with Crippen LogP contribution in [-0.2, 0) is 11.2 Å². The highest BCUT2D eigenvalue weighted by Crippen LogP contribution is 2.43. The standard InChI is InChI=1S/C24H25ClN4O4/c1-24(8-11-33-24)13-32-18-12-26-9-6-14(18)20-21(19-16(28-20)7-10-27-23(19)30)29-17-5-3-4-15(25)22(17)31-2/h3-6,9,12,28-29H,7-8,10-11,13H2,1-2H3,(H,27,30). The summed E-state index contributed by atoms with van der Waals surface area (Å²) in [5, 5.41) is 6.79. The molecule has 0 radical (unpaired) electrons. The van der Waals surface area contributed by atoms with E-state index in [1.807, 2.05) is 25.1 Å². The van der Waals surface area contributed by atoms with Crippen LogP contribution in [0.3, 0.4) is 0 Å². The van der Waals surface area contributed by atoms with Gasteiger partial charge in [0.05, 0.1) is 47.6 Å². The zero-order valence-electron chi connectivity index (χ0n) is 18.5. The Kier molecular flexibility index (Phi) is 5.64. The van der Waals surface area contributed by atoms with Crippen molar-refractivity contribution in [2.45, 2.75) is 25.4 Å². The van der Waals surface area contributed by atoms with Crippen LogP contribution in [0.2, 0.25) is 5.02 Å². The molecule has 0 spiro atoms. The Balaban J connectivity index is 1.59. The fraction of sp³-hybridized carbons (Fsp3) is 0.333. The minimum absolute atomic E-state index is 0.144. The molecule has 1 saturated heterocycles. The molecule has 1 aromatic carbocycles. The zero-order valence-corrected chi connectivity index (χ0v) is 19.2. The largest absolute Gasteiger partial charge is 0.493 e. The molecule has 33 heavy (non-hydrogen) atoms. The van der Waals surface area contributed by atoms with E-state index >= 15 is 0 Å². The highest BCUT2D eigenvalue weighted by molar-refractivity contribution is 6.32. The van der Waals surface area contributed by atoms with Crippen molar-refractivity contribution in [1.82, 2.24) is 15.3 Å². The van der Waals surface area contributed by atoms with E-state index in [0.29, 0.717) is 53.0 Å². The van der Waals surface area contributed by atoms with E-state index in [9.17, 15) is 4.79 Å². The van der Waals surface area contributed by atoms with Gasteiger partial charge in [0.1, 0.15) is 18.0 Å². The number of carbonyl (C=O) groups excluding carboxylic acids is 1. The molecule has 2 aliphatic rings. The van der Waals surface area contributed by atoms with Crippen LogP contribution in [0.15, 0.2) is 36.7 Å². The Bertz CT molecular complexity index is 1210. The Morgan fingerprint density at radius 3 is 2.94 bits per heavy atom. The molecule has 0 aliphatic carbocycles. The number of ether oxygens (including phenoxy) is 3. The molecule has 2 aromatic heterocycles. The molecule has 9 heteroatoms. The SMILES string of the molecule is COc1c(Cl)cccc1Nc1c(-c2ccncc2OCC2(C)CCO2)[nH]c2c1C(=O)NCC2. The predicted octanol–water partition coefficient (Wildman–Crippen LogP) is 4.33. The van der Waals surface area contributed by atoms with Crippen LogP contribution in [0.1, 0.15) is 29.4 Å². The van der Waals surface area contributed by atoms with Crippen LogP contribution in [0.25, 0.3) is 11.3 Å². The van der Waals surface area contributed by atoms with Crippen LogP contribution < -0.4 is 20.1 Å². The van der Waals surface area contributed by atoms with Gasteiger partial charge in [-0.1, -0.05) is 17.7 Å². The number of aromatic nitrogens is 2. The molecule has 1 amide bonds. The minimum atomic E-state index is -0.294. The van der Waals surface area contributed by atoms with Crippen molar-refractivity contribution in [3.05, 3.63) is 52.9 Å². The monoisotopic (exact) mass is 468 g/mol. The summed E-state index contributed by atoms with van der Waals surface area (Å²) >= 11 is 6.33. The Morgan fingerprint density at radius 1 is 1.33 bits per heavy atom. The number of nitrogens with zero attached hydrogens (tertiary/aromatic N) is 1. The number of aromatic amines is 1. The second-order valence-corrected chi connectivity index (χ2v) is 8.80. The van der Waals surface area contributed by atoms with E-state index in [1.54, 1.807) is 25.6 Å². The number of hydrogen-bond donors (Lipinski definition) is 3. The smallest absolute Gasteiger partial charge is 0.255 e. The van der Waals surface area contributed by atoms with Gasteiger partial charge in [0.25, 0.3) is 5.91 Å². The molecule has 3 N–H and O–H groups in total. The van der Waals surface area contributed by atoms with Crippen molar-refractivity contribution in [3.8, 4) is 22.8 Å². The van der Waals surface area contributed by atoms with Gasteiger partial charge in [-0.25, -0.2) is 0 Å². The topological polar surface area (TPSA) is 97.5 Å². The summed E-state index contributed by atoms with van der Waals surface area (Å²) in [5.41, 5.74) is 3.93. The second kappa shape index (κ2) is 8.61. The molecular weight excluding hydrogens is 444 g/mol. The highest BCUT2D eigenvalue weighted by Gasteiger charge is 2.35. The number of methoxy groups -OCH3 is 1. The molecule has 1 unspecified atom stereocenters. The lowest BCUT2D eigenvalue weighted by molar-refractivity contribution is -0.152. The first-order valence-electron chi connectivity index (χ1n) is 10.8. The number of pyridine rings is 1. The van der Waals surface area contributed by atoms with Crippen molar-refractivity contribution < 1.29 is 19.0 Å². The molecule has 5 rings (SSSR count). The lowest BCUT2D eigenvalue weighted by Crippen LogP contribution is -2.45. The number of halogens is 1. The van der Waals surface area contributed by atoms with Crippen molar-refractivity contribution in [2.24, 2.45) is 0 Å². The summed E-state index contributed by atoms with van der Waals surface area (Å²) in [6.07, 6.45) is 5.02. The highest BCUT2D eigenvalue weighted by atomic mass is 35.5. The number of nitrogens with one attached hydrogen (secondary N) is 3. The maximum absolute atomic E-state index is 12.9. The first-order chi connectivity index (χ1) is 16.0. The Morgan fingerprint density at radius 2 is 2.18 bits per heavy atom.